The number of rotatable bonds is 34. The van der Waals surface area contributed by atoms with Crippen LogP contribution in [0.2, 0.25) is 0 Å². The lowest BCUT2D eigenvalue weighted by atomic mass is 10.0. The van der Waals surface area contributed by atoms with Crippen molar-refractivity contribution in [2.24, 2.45) is 0 Å². The molecule has 2 N–H and O–H groups in total. The number of unbranched alkanes of at least 4 members (excludes halogenated alkanes) is 24. The molecule has 0 heterocycles. The van der Waals surface area contributed by atoms with Crippen LogP contribution in [0.1, 0.15) is 220 Å². The lowest BCUT2D eigenvalue weighted by molar-refractivity contribution is -0.122. The second kappa shape index (κ2) is 34.4. The first-order valence-electron chi connectivity index (χ1n) is 19.2. The van der Waals surface area contributed by atoms with Gasteiger partial charge < -0.3 is 10.6 Å². The van der Waals surface area contributed by atoms with Crippen LogP contribution in [0.25, 0.3) is 0 Å². The van der Waals surface area contributed by atoms with Gasteiger partial charge >= 0.3 is 0 Å². The molecule has 0 aromatic carbocycles. The van der Waals surface area contributed by atoms with Crippen LogP contribution in [-0.2, 0) is 9.59 Å². The molecule has 0 radical (unpaired) electrons. The molecule has 0 rings (SSSR count). The molecule has 0 aliphatic heterocycles. The van der Waals surface area contributed by atoms with Gasteiger partial charge in [-0.15, -0.1) is 0 Å². The Morgan fingerprint density at radius 3 is 1.12 bits per heavy atom. The van der Waals surface area contributed by atoms with Crippen molar-refractivity contribution >= 4 is 11.8 Å². The molecular weight excluding hydrogens is 516 g/mol. The predicted molar refractivity (Wildman–Crippen MR) is 185 cm³/mol. The highest BCUT2D eigenvalue weighted by Crippen LogP contribution is 2.14. The summed E-state index contributed by atoms with van der Waals surface area (Å²) in [5, 5.41) is 6.31. The molecular formula is C38H76N2O2. The van der Waals surface area contributed by atoms with Crippen LogP contribution in [0, 0.1) is 0 Å². The van der Waals surface area contributed by atoms with Gasteiger partial charge in [0.05, 0.1) is 0 Å². The van der Waals surface area contributed by atoms with Gasteiger partial charge in [0.2, 0.25) is 11.8 Å². The third kappa shape index (κ3) is 31.9. The quantitative estimate of drug-likeness (QED) is 0.0730. The summed E-state index contributed by atoms with van der Waals surface area (Å²) in [6, 6.07) is 0.234. The summed E-state index contributed by atoms with van der Waals surface area (Å²) in [5.74, 6) is 0.397. The summed E-state index contributed by atoms with van der Waals surface area (Å²) >= 11 is 0. The molecule has 1 unspecified atom stereocenters. The van der Waals surface area contributed by atoms with E-state index in [1.165, 1.54) is 154 Å². The van der Waals surface area contributed by atoms with Gasteiger partial charge in [-0.2, -0.15) is 0 Å². The van der Waals surface area contributed by atoms with Crippen molar-refractivity contribution in [1.29, 1.82) is 0 Å². The molecule has 0 aromatic rings. The highest BCUT2D eigenvalue weighted by Gasteiger charge is 2.10. The Morgan fingerprint density at radius 1 is 0.429 bits per heavy atom. The summed E-state index contributed by atoms with van der Waals surface area (Å²) in [4.78, 5) is 24.5. The van der Waals surface area contributed by atoms with Crippen molar-refractivity contribution in [2.45, 2.75) is 226 Å². The average molecular weight is 593 g/mol. The molecule has 0 fully saturated rings. The van der Waals surface area contributed by atoms with Gasteiger partial charge in [-0.3, -0.25) is 9.59 Å². The fourth-order valence-electron chi connectivity index (χ4n) is 5.95. The average Bonchev–Trinajstić information content (AvgIpc) is 2.99. The molecule has 0 bridgehead atoms. The smallest absolute Gasteiger partial charge is 0.220 e. The molecule has 42 heavy (non-hydrogen) atoms. The number of hydrogen-bond donors (Lipinski definition) is 2. The normalized spacial score (nSPS) is 12.0. The molecule has 0 aliphatic carbocycles. The van der Waals surface area contributed by atoms with Crippen LogP contribution in [0.4, 0.5) is 0 Å². The fourth-order valence-corrected chi connectivity index (χ4v) is 5.95. The molecule has 2 amide bonds. The highest BCUT2D eigenvalue weighted by molar-refractivity contribution is 5.76. The highest BCUT2D eigenvalue weighted by atomic mass is 16.2. The predicted octanol–water partition coefficient (Wildman–Crippen LogP) is 11.7. The van der Waals surface area contributed by atoms with Gasteiger partial charge in [-0.1, -0.05) is 175 Å². The van der Waals surface area contributed by atoms with E-state index in [1.54, 1.807) is 0 Å². The van der Waals surface area contributed by atoms with Crippen molar-refractivity contribution in [3.8, 4) is 0 Å². The minimum Gasteiger partial charge on any atom is -0.356 e. The van der Waals surface area contributed by atoms with Gasteiger partial charge in [-0.25, -0.2) is 0 Å². The zero-order chi connectivity index (χ0) is 30.8. The van der Waals surface area contributed by atoms with E-state index in [0.717, 1.165) is 38.6 Å². The SMILES string of the molecule is CCCCCCCCCCCCCCCC(=O)NCCCC(CC)NC(=O)CCCCCCCCCCCCCCC. The number of carbonyl (C=O) groups is 2. The number of hydrogen-bond acceptors (Lipinski definition) is 2. The third-order valence-electron chi connectivity index (χ3n) is 8.92. The lowest BCUT2D eigenvalue weighted by Crippen LogP contribution is -2.35. The topological polar surface area (TPSA) is 58.2 Å². The van der Waals surface area contributed by atoms with Gasteiger partial charge in [0.15, 0.2) is 0 Å². The first kappa shape index (κ1) is 40.9. The van der Waals surface area contributed by atoms with E-state index in [-0.39, 0.29) is 17.9 Å². The second-order valence-electron chi connectivity index (χ2n) is 13.2. The summed E-state index contributed by atoms with van der Waals surface area (Å²) < 4.78 is 0. The Hall–Kier alpha value is -1.06. The maximum absolute atomic E-state index is 12.4. The van der Waals surface area contributed by atoms with Crippen molar-refractivity contribution in [3.05, 3.63) is 0 Å². The minimum absolute atomic E-state index is 0.192. The first-order valence-corrected chi connectivity index (χ1v) is 19.2. The van der Waals surface area contributed by atoms with E-state index in [9.17, 15) is 9.59 Å². The molecule has 1 atom stereocenters. The minimum atomic E-state index is 0.192. The van der Waals surface area contributed by atoms with Gasteiger partial charge in [0.1, 0.15) is 0 Å². The maximum atomic E-state index is 12.4. The number of amides is 2. The molecule has 0 saturated carbocycles. The maximum Gasteiger partial charge on any atom is 0.220 e. The Labute approximate surface area is 264 Å². The van der Waals surface area contributed by atoms with Crippen LogP contribution >= 0.6 is 0 Å². The zero-order valence-corrected chi connectivity index (χ0v) is 29.0. The van der Waals surface area contributed by atoms with Crippen molar-refractivity contribution in [2.75, 3.05) is 6.54 Å². The molecule has 4 heteroatoms. The van der Waals surface area contributed by atoms with Crippen molar-refractivity contribution in [3.63, 3.8) is 0 Å². The van der Waals surface area contributed by atoms with Gasteiger partial charge in [0.25, 0.3) is 0 Å². The molecule has 0 aliphatic rings. The second-order valence-corrected chi connectivity index (χ2v) is 13.2. The van der Waals surface area contributed by atoms with E-state index < -0.39 is 0 Å². The Kier molecular flexibility index (Phi) is 33.6. The lowest BCUT2D eigenvalue weighted by Gasteiger charge is -2.17. The Morgan fingerprint density at radius 2 is 0.762 bits per heavy atom. The monoisotopic (exact) mass is 593 g/mol. The number of carbonyl (C=O) groups excluding carboxylic acids is 2. The van der Waals surface area contributed by atoms with E-state index >= 15 is 0 Å². The van der Waals surface area contributed by atoms with Crippen LogP contribution in [0.5, 0.6) is 0 Å². The van der Waals surface area contributed by atoms with Crippen LogP contribution in [0.15, 0.2) is 0 Å². The fraction of sp³-hybridized carbons (Fsp3) is 0.947. The van der Waals surface area contributed by atoms with Crippen LogP contribution in [-0.4, -0.2) is 24.4 Å². The first-order chi connectivity index (χ1) is 20.6. The Balaban J connectivity index is 3.50. The third-order valence-corrected chi connectivity index (χ3v) is 8.92. The molecule has 0 spiro atoms. The number of nitrogens with one attached hydrogen (secondary N) is 2. The van der Waals surface area contributed by atoms with Gasteiger partial charge in [-0.05, 0) is 32.1 Å². The van der Waals surface area contributed by atoms with E-state index in [0.29, 0.717) is 12.8 Å². The molecule has 0 aromatic heterocycles. The summed E-state index contributed by atoms with van der Waals surface area (Å²) in [5.41, 5.74) is 0. The van der Waals surface area contributed by atoms with Crippen molar-refractivity contribution in [1.82, 2.24) is 10.6 Å². The van der Waals surface area contributed by atoms with E-state index in [2.05, 4.69) is 31.4 Å². The zero-order valence-electron chi connectivity index (χ0n) is 29.0. The van der Waals surface area contributed by atoms with Crippen LogP contribution < -0.4 is 10.6 Å². The summed E-state index contributed by atoms with van der Waals surface area (Å²) in [6.07, 6.45) is 38.8. The van der Waals surface area contributed by atoms with Crippen molar-refractivity contribution < 1.29 is 9.59 Å². The van der Waals surface area contributed by atoms with Gasteiger partial charge in [0, 0.05) is 25.4 Å². The molecule has 250 valence electrons. The largest absolute Gasteiger partial charge is 0.356 e. The van der Waals surface area contributed by atoms with E-state index in [1.807, 2.05) is 0 Å². The molecule has 4 nitrogen and oxygen atoms in total. The van der Waals surface area contributed by atoms with E-state index in [4.69, 9.17) is 0 Å². The summed E-state index contributed by atoms with van der Waals surface area (Å²) in [7, 11) is 0. The standard InChI is InChI=1S/C38H76N2O2/c1-4-7-9-11-13-15-17-19-21-23-25-27-29-33-37(41)39-35-31-32-36(6-3)40-38(42)34-30-28-26-24-22-20-18-16-14-12-10-8-5-2/h36H,4-35H2,1-3H3,(H,39,41)(H,40,42). The Bertz CT molecular complexity index is 565. The molecule has 0 saturated heterocycles. The van der Waals surface area contributed by atoms with Crippen LogP contribution in [0.3, 0.4) is 0 Å². The summed E-state index contributed by atoms with van der Waals surface area (Å²) in [6.45, 7) is 7.42.